The summed E-state index contributed by atoms with van der Waals surface area (Å²) in [7, 11) is -4.03. The summed E-state index contributed by atoms with van der Waals surface area (Å²) in [6, 6.07) is 4.95. The minimum atomic E-state index is -4.63. The highest BCUT2D eigenvalue weighted by molar-refractivity contribution is 7.91. The van der Waals surface area contributed by atoms with Gasteiger partial charge in [-0.05, 0) is 24.3 Å². The molecule has 1 unspecified atom stereocenters. The lowest BCUT2D eigenvalue weighted by Crippen LogP contribution is -2.36. The molecule has 8 heteroatoms. The van der Waals surface area contributed by atoms with Crippen LogP contribution in [-0.4, -0.2) is 26.9 Å². The van der Waals surface area contributed by atoms with Gasteiger partial charge < -0.3 is 5.73 Å². The molecule has 102 valence electrons. The molecule has 0 spiro atoms. The summed E-state index contributed by atoms with van der Waals surface area (Å²) in [5.74, 6) is -3.13. The van der Waals surface area contributed by atoms with Crippen LogP contribution in [0, 0.1) is 5.92 Å². The van der Waals surface area contributed by atoms with Crippen molar-refractivity contribution >= 4 is 21.4 Å². The zero-order valence-corrected chi connectivity index (χ0v) is 10.7. The summed E-state index contributed by atoms with van der Waals surface area (Å²) in [6.45, 7) is -0.768. The van der Waals surface area contributed by atoms with Crippen LogP contribution in [-0.2, 0) is 9.84 Å². The number of benzene rings is 1. The van der Waals surface area contributed by atoms with Crippen LogP contribution >= 0.6 is 11.6 Å². The SMILES string of the molecule is NCC(CS(=O)(=O)c1ccc(Cl)cc1)C(F)(F)F. The average Bonchev–Trinajstić information content (AvgIpc) is 2.25. The molecule has 0 radical (unpaired) electrons. The van der Waals surface area contributed by atoms with Crippen LogP contribution in [0.1, 0.15) is 0 Å². The summed E-state index contributed by atoms with van der Waals surface area (Å²) in [6.07, 6.45) is -4.63. The Hall–Kier alpha value is -0.790. The van der Waals surface area contributed by atoms with Gasteiger partial charge in [0.25, 0.3) is 0 Å². The predicted octanol–water partition coefficient (Wildman–Crippen LogP) is 2.25. The van der Waals surface area contributed by atoms with E-state index in [4.69, 9.17) is 17.3 Å². The van der Waals surface area contributed by atoms with Gasteiger partial charge in [-0.25, -0.2) is 8.42 Å². The van der Waals surface area contributed by atoms with Crippen LogP contribution in [0.15, 0.2) is 29.2 Å². The minimum absolute atomic E-state index is 0.199. The normalized spacial score (nSPS) is 14.5. The van der Waals surface area contributed by atoms with Crippen molar-refractivity contribution in [3.05, 3.63) is 29.3 Å². The molecule has 0 amide bonds. The summed E-state index contributed by atoms with van der Waals surface area (Å²) in [4.78, 5) is -0.199. The molecule has 1 atom stereocenters. The van der Waals surface area contributed by atoms with Crippen LogP contribution in [0.25, 0.3) is 0 Å². The fraction of sp³-hybridized carbons (Fsp3) is 0.400. The van der Waals surface area contributed by atoms with Crippen LogP contribution in [0.3, 0.4) is 0 Å². The molecule has 1 aromatic carbocycles. The highest BCUT2D eigenvalue weighted by Gasteiger charge is 2.41. The number of hydrogen-bond donors (Lipinski definition) is 1. The Morgan fingerprint density at radius 1 is 1.22 bits per heavy atom. The quantitative estimate of drug-likeness (QED) is 0.928. The third kappa shape index (κ3) is 3.86. The van der Waals surface area contributed by atoms with E-state index in [1.54, 1.807) is 0 Å². The molecule has 0 fully saturated rings. The molecule has 0 saturated carbocycles. The van der Waals surface area contributed by atoms with Crippen molar-refractivity contribution in [2.45, 2.75) is 11.1 Å². The van der Waals surface area contributed by atoms with Crippen LogP contribution in [0.2, 0.25) is 5.02 Å². The molecular formula is C10H11ClF3NO2S. The van der Waals surface area contributed by atoms with Gasteiger partial charge in [0.2, 0.25) is 0 Å². The molecule has 0 aliphatic heterocycles. The standard InChI is InChI=1S/C10H11ClF3NO2S/c11-8-1-3-9(4-2-8)18(16,17)6-7(5-15)10(12,13)14/h1-4,7H,5-6,15H2. The number of hydrogen-bond acceptors (Lipinski definition) is 3. The number of nitrogens with two attached hydrogens (primary N) is 1. The van der Waals surface area contributed by atoms with Gasteiger partial charge in [0.15, 0.2) is 9.84 Å². The maximum absolute atomic E-state index is 12.5. The maximum atomic E-state index is 12.5. The van der Waals surface area contributed by atoms with Gasteiger partial charge in [-0.1, -0.05) is 11.6 Å². The highest BCUT2D eigenvalue weighted by Crippen LogP contribution is 2.28. The average molecular weight is 302 g/mol. The topological polar surface area (TPSA) is 60.2 Å². The van der Waals surface area contributed by atoms with Crippen molar-refractivity contribution in [3.63, 3.8) is 0 Å². The van der Waals surface area contributed by atoms with Gasteiger partial charge >= 0.3 is 6.18 Å². The van der Waals surface area contributed by atoms with Crippen LogP contribution < -0.4 is 5.73 Å². The van der Waals surface area contributed by atoms with E-state index in [0.29, 0.717) is 5.02 Å². The van der Waals surface area contributed by atoms with Gasteiger partial charge in [0, 0.05) is 11.6 Å². The fourth-order valence-electron chi connectivity index (χ4n) is 1.30. The number of sulfone groups is 1. The van der Waals surface area contributed by atoms with E-state index in [2.05, 4.69) is 0 Å². The van der Waals surface area contributed by atoms with Crippen molar-refractivity contribution in [2.24, 2.45) is 11.7 Å². The lowest BCUT2D eigenvalue weighted by Gasteiger charge is -2.18. The Kier molecular flexibility index (Phi) is 4.63. The fourth-order valence-corrected chi connectivity index (χ4v) is 3.02. The molecule has 2 N–H and O–H groups in total. The summed E-state index contributed by atoms with van der Waals surface area (Å²) in [5, 5.41) is 0.306. The predicted molar refractivity (Wildman–Crippen MR) is 62.1 cm³/mol. The lowest BCUT2D eigenvalue weighted by molar-refractivity contribution is -0.165. The molecule has 0 aliphatic carbocycles. The van der Waals surface area contributed by atoms with Gasteiger partial charge in [-0.15, -0.1) is 0 Å². The Morgan fingerprint density at radius 2 is 1.72 bits per heavy atom. The molecule has 18 heavy (non-hydrogen) atoms. The second kappa shape index (κ2) is 5.46. The zero-order valence-electron chi connectivity index (χ0n) is 9.11. The molecule has 0 heterocycles. The van der Waals surface area contributed by atoms with E-state index >= 15 is 0 Å². The monoisotopic (exact) mass is 301 g/mol. The first-order valence-electron chi connectivity index (χ1n) is 4.92. The van der Waals surface area contributed by atoms with Gasteiger partial charge in [-0.3, -0.25) is 0 Å². The molecule has 1 aromatic rings. The first-order valence-corrected chi connectivity index (χ1v) is 6.95. The number of halogens is 4. The Bertz CT molecular complexity index is 499. The van der Waals surface area contributed by atoms with E-state index in [1.165, 1.54) is 24.3 Å². The van der Waals surface area contributed by atoms with Crippen molar-refractivity contribution in [1.82, 2.24) is 0 Å². The van der Waals surface area contributed by atoms with E-state index in [-0.39, 0.29) is 4.90 Å². The van der Waals surface area contributed by atoms with Gasteiger partial charge in [0.05, 0.1) is 16.6 Å². The van der Waals surface area contributed by atoms with Crippen molar-refractivity contribution < 1.29 is 21.6 Å². The number of alkyl halides is 3. The highest BCUT2D eigenvalue weighted by atomic mass is 35.5. The molecule has 1 rings (SSSR count). The molecule has 0 bridgehead atoms. The summed E-state index contributed by atoms with van der Waals surface area (Å²) >= 11 is 5.57. The van der Waals surface area contributed by atoms with E-state index in [9.17, 15) is 21.6 Å². The summed E-state index contributed by atoms with van der Waals surface area (Å²) < 4.78 is 60.9. The third-order valence-electron chi connectivity index (χ3n) is 2.34. The Morgan fingerprint density at radius 3 is 2.11 bits per heavy atom. The minimum Gasteiger partial charge on any atom is -0.330 e. The van der Waals surface area contributed by atoms with Crippen molar-refractivity contribution in [1.29, 1.82) is 0 Å². The molecule has 0 saturated heterocycles. The Labute approximate surface area is 108 Å². The second-order valence-corrected chi connectivity index (χ2v) is 6.18. The van der Waals surface area contributed by atoms with Crippen molar-refractivity contribution in [2.75, 3.05) is 12.3 Å². The van der Waals surface area contributed by atoms with Crippen LogP contribution in [0.4, 0.5) is 13.2 Å². The van der Waals surface area contributed by atoms with Gasteiger partial charge in [-0.2, -0.15) is 13.2 Å². The Balaban J connectivity index is 2.98. The zero-order chi connectivity index (χ0) is 14.0. The molecular weight excluding hydrogens is 291 g/mol. The lowest BCUT2D eigenvalue weighted by atomic mass is 10.2. The first-order chi connectivity index (χ1) is 8.16. The summed E-state index contributed by atoms with van der Waals surface area (Å²) in [5.41, 5.74) is 4.96. The van der Waals surface area contributed by atoms with Crippen molar-refractivity contribution in [3.8, 4) is 0 Å². The molecule has 0 aliphatic rings. The van der Waals surface area contributed by atoms with E-state index < -0.39 is 34.2 Å². The molecule has 3 nitrogen and oxygen atoms in total. The second-order valence-electron chi connectivity index (χ2n) is 3.71. The van der Waals surface area contributed by atoms with Crippen LogP contribution in [0.5, 0.6) is 0 Å². The van der Waals surface area contributed by atoms with E-state index in [1.807, 2.05) is 0 Å². The van der Waals surface area contributed by atoms with E-state index in [0.717, 1.165) is 0 Å². The molecule has 0 aromatic heterocycles. The first kappa shape index (κ1) is 15.3. The van der Waals surface area contributed by atoms with Gasteiger partial charge in [0.1, 0.15) is 0 Å². The maximum Gasteiger partial charge on any atom is 0.394 e. The smallest absolute Gasteiger partial charge is 0.330 e. The largest absolute Gasteiger partial charge is 0.394 e. The number of rotatable bonds is 4. The third-order valence-corrected chi connectivity index (χ3v) is 4.42.